The van der Waals surface area contributed by atoms with Crippen molar-refractivity contribution >= 4 is 28.4 Å². The van der Waals surface area contributed by atoms with Crippen molar-refractivity contribution in [3.05, 3.63) is 34.9 Å². The fraction of sp³-hybridized carbons (Fsp3) is 0.632. The van der Waals surface area contributed by atoms with Gasteiger partial charge in [-0.1, -0.05) is 37.1 Å². The van der Waals surface area contributed by atoms with E-state index >= 15 is 0 Å². The number of benzene rings is 1. The zero-order valence-electron chi connectivity index (χ0n) is 15.7. The van der Waals surface area contributed by atoms with Crippen LogP contribution in [0.2, 0.25) is 5.02 Å². The van der Waals surface area contributed by atoms with Crippen LogP contribution < -0.4 is 10.6 Å². The van der Waals surface area contributed by atoms with E-state index in [1.54, 1.807) is 7.05 Å². The number of aliphatic imine (C=N–C) groups is 1. The molecular formula is C19H30ClN3O2S. The van der Waals surface area contributed by atoms with Crippen LogP contribution in [-0.4, -0.2) is 47.4 Å². The van der Waals surface area contributed by atoms with Crippen molar-refractivity contribution < 1.29 is 8.95 Å². The van der Waals surface area contributed by atoms with Crippen LogP contribution in [-0.2, 0) is 22.1 Å². The lowest BCUT2D eigenvalue weighted by Gasteiger charge is -2.30. The zero-order chi connectivity index (χ0) is 18.8. The number of ether oxygens (including phenoxy) is 1. The van der Waals surface area contributed by atoms with Crippen LogP contribution in [0.4, 0.5) is 0 Å². The second-order valence-corrected chi connectivity index (χ2v) is 8.92. The monoisotopic (exact) mass is 399 g/mol. The van der Waals surface area contributed by atoms with Crippen molar-refractivity contribution in [1.82, 2.24) is 10.6 Å². The molecule has 1 aliphatic carbocycles. The van der Waals surface area contributed by atoms with Gasteiger partial charge in [0.1, 0.15) is 0 Å². The minimum Gasteiger partial charge on any atom is -0.375 e. The zero-order valence-corrected chi connectivity index (χ0v) is 17.2. The summed E-state index contributed by atoms with van der Waals surface area (Å²) in [6.07, 6.45) is 4.24. The fourth-order valence-electron chi connectivity index (χ4n) is 3.20. The predicted molar refractivity (Wildman–Crippen MR) is 110 cm³/mol. The number of guanidine groups is 1. The molecule has 2 rings (SSSR count). The molecule has 3 unspecified atom stereocenters. The summed E-state index contributed by atoms with van der Waals surface area (Å²) in [6.45, 7) is 3.80. The first-order valence-corrected chi connectivity index (χ1v) is 11.0. The van der Waals surface area contributed by atoms with Gasteiger partial charge >= 0.3 is 0 Å². The molecule has 0 radical (unpaired) electrons. The van der Waals surface area contributed by atoms with Gasteiger partial charge in [-0.2, -0.15) is 0 Å². The molecule has 1 saturated carbocycles. The van der Waals surface area contributed by atoms with E-state index in [4.69, 9.17) is 16.3 Å². The Balaban J connectivity index is 1.66. The van der Waals surface area contributed by atoms with E-state index in [1.807, 2.05) is 31.2 Å². The van der Waals surface area contributed by atoms with Gasteiger partial charge in [0, 0.05) is 46.5 Å². The first kappa shape index (κ1) is 21.2. The number of nitrogens with one attached hydrogen (secondary N) is 2. The summed E-state index contributed by atoms with van der Waals surface area (Å²) in [5.74, 6) is 1.53. The van der Waals surface area contributed by atoms with E-state index in [2.05, 4.69) is 15.6 Å². The molecule has 146 valence electrons. The van der Waals surface area contributed by atoms with Crippen LogP contribution in [0.3, 0.4) is 0 Å². The predicted octanol–water partition coefficient (Wildman–Crippen LogP) is 3.10. The van der Waals surface area contributed by atoms with Gasteiger partial charge in [0.15, 0.2) is 5.96 Å². The topological polar surface area (TPSA) is 62.7 Å². The number of halogens is 1. The maximum Gasteiger partial charge on any atom is 0.191 e. The normalized spacial score (nSPS) is 22.0. The largest absolute Gasteiger partial charge is 0.375 e. The SMILES string of the molecule is CCS(=O)C1CCCC(NC(=NC)NCCOCc2cccc(Cl)c2)C1. The molecule has 0 aromatic heterocycles. The van der Waals surface area contributed by atoms with Crippen LogP contribution in [0.1, 0.15) is 38.2 Å². The maximum atomic E-state index is 12.1. The minimum atomic E-state index is -0.709. The average molecular weight is 400 g/mol. The summed E-state index contributed by atoms with van der Waals surface area (Å²) in [5.41, 5.74) is 1.07. The molecule has 2 N–H and O–H groups in total. The molecule has 0 spiro atoms. The highest BCUT2D eigenvalue weighted by atomic mass is 35.5. The summed E-state index contributed by atoms with van der Waals surface area (Å²) in [4.78, 5) is 4.29. The molecule has 1 aromatic rings. The summed E-state index contributed by atoms with van der Waals surface area (Å²) in [6, 6.07) is 8.03. The molecule has 7 heteroatoms. The summed E-state index contributed by atoms with van der Waals surface area (Å²) in [7, 11) is 1.06. The van der Waals surface area contributed by atoms with E-state index < -0.39 is 10.8 Å². The van der Waals surface area contributed by atoms with Crippen molar-refractivity contribution in [1.29, 1.82) is 0 Å². The Morgan fingerprint density at radius 3 is 3.00 bits per heavy atom. The van der Waals surface area contributed by atoms with Crippen molar-refractivity contribution in [3.8, 4) is 0 Å². The number of rotatable bonds is 8. The lowest BCUT2D eigenvalue weighted by molar-refractivity contribution is 0.125. The van der Waals surface area contributed by atoms with E-state index in [0.717, 1.165) is 48.0 Å². The molecule has 0 saturated heterocycles. The fourth-order valence-corrected chi connectivity index (χ4v) is 4.76. The van der Waals surface area contributed by atoms with Gasteiger partial charge in [0.2, 0.25) is 0 Å². The molecule has 1 aromatic carbocycles. The quantitative estimate of drug-likeness (QED) is 0.400. The molecule has 3 atom stereocenters. The van der Waals surface area contributed by atoms with Gasteiger partial charge in [0.05, 0.1) is 13.2 Å². The highest BCUT2D eigenvalue weighted by Crippen LogP contribution is 2.22. The first-order chi connectivity index (χ1) is 12.6. The third-order valence-corrected chi connectivity index (χ3v) is 6.52. The van der Waals surface area contributed by atoms with E-state index in [9.17, 15) is 4.21 Å². The Labute approximate surface area is 164 Å². The van der Waals surface area contributed by atoms with E-state index in [0.29, 0.717) is 31.1 Å². The van der Waals surface area contributed by atoms with Gasteiger partial charge < -0.3 is 15.4 Å². The second kappa shape index (κ2) is 11.6. The Kier molecular flexibility index (Phi) is 9.43. The molecule has 0 aliphatic heterocycles. The lowest BCUT2D eigenvalue weighted by Crippen LogP contribution is -2.47. The third kappa shape index (κ3) is 7.25. The van der Waals surface area contributed by atoms with Gasteiger partial charge in [-0.05, 0) is 37.0 Å². The average Bonchev–Trinajstić information content (AvgIpc) is 2.66. The van der Waals surface area contributed by atoms with Crippen molar-refractivity contribution in [2.24, 2.45) is 4.99 Å². The van der Waals surface area contributed by atoms with Crippen molar-refractivity contribution in [2.75, 3.05) is 26.0 Å². The number of hydrogen-bond donors (Lipinski definition) is 2. The summed E-state index contributed by atoms with van der Waals surface area (Å²) < 4.78 is 17.7. The van der Waals surface area contributed by atoms with Crippen LogP contribution >= 0.6 is 11.6 Å². The third-order valence-electron chi connectivity index (χ3n) is 4.54. The summed E-state index contributed by atoms with van der Waals surface area (Å²) >= 11 is 5.97. The molecule has 1 aliphatic rings. The lowest BCUT2D eigenvalue weighted by atomic mass is 9.95. The van der Waals surface area contributed by atoms with Gasteiger partial charge in [-0.25, -0.2) is 0 Å². The minimum absolute atomic E-state index is 0.311. The molecule has 1 fully saturated rings. The first-order valence-electron chi connectivity index (χ1n) is 9.29. The molecular weight excluding hydrogens is 370 g/mol. The Morgan fingerprint density at radius 2 is 2.27 bits per heavy atom. The van der Waals surface area contributed by atoms with Gasteiger partial charge in [0.25, 0.3) is 0 Å². The molecule has 5 nitrogen and oxygen atoms in total. The second-order valence-electron chi connectivity index (χ2n) is 6.48. The highest BCUT2D eigenvalue weighted by molar-refractivity contribution is 7.85. The van der Waals surface area contributed by atoms with Crippen molar-refractivity contribution in [2.45, 2.75) is 50.5 Å². The van der Waals surface area contributed by atoms with Crippen molar-refractivity contribution in [3.63, 3.8) is 0 Å². The Morgan fingerprint density at radius 1 is 1.42 bits per heavy atom. The Bertz CT molecular complexity index is 612. The smallest absolute Gasteiger partial charge is 0.191 e. The molecule has 0 heterocycles. The number of hydrogen-bond acceptors (Lipinski definition) is 3. The summed E-state index contributed by atoms with van der Waals surface area (Å²) in [5, 5.41) is 7.78. The van der Waals surface area contributed by atoms with Gasteiger partial charge in [-0.3, -0.25) is 9.20 Å². The van der Waals surface area contributed by atoms with Gasteiger partial charge in [-0.15, -0.1) is 0 Å². The number of nitrogens with zero attached hydrogens (tertiary/aromatic N) is 1. The Hall–Kier alpha value is -1.11. The standard InChI is InChI=1S/C19H30ClN3O2S/c1-3-26(24)18-9-5-8-17(13-18)23-19(21-2)22-10-11-25-14-15-6-4-7-16(20)12-15/h4,6-7,12,17-18H,3,5,8-11,13-14H2,1-2H3,(H2,21,22,23). The highest BCUT2D eigenvalue weighted by Gasteiger charge is 2.25. The van der Waals surface area contributed by atoms with Crippen LogP contribution in [0.25, 0.3) is 0 Å². The molecule has 0 amide bonds. The van der Waals surface area contributed by atoms with Crippen LogP contribution in [0.5, 0.6) is 0 Å². The van der Waals surface area contributed by atoms with Crippen LogP contribution in [0, 0.1) is 0 Å². The molecule has 26 heavy (non-hydrogen) atoms. The van der Waals surface area contributed by atoms with E-state index in [1.165, 1.54) is 0 Å². The van der Waals surface area contributed by atoms with Crippen LogP contribution in [0.15, 0.2) is 29.3 Å². The maximum absolute atomic E-state index is 12.1. The molecule has 0 bridgehead atoms. The van der Waals surface area contributed by atoms with E-state index in [-0.39, 0.29) is 0 Å².